The summed E-state index contributed by atoms with van der Waals surface area (Å²) >= 11 is 1.79. The molecule has 142 valence electrons. The molecule has 1 amide bonds. The highest BCUT2D eigenvalue weighted by Crippen LogP contribution is 2.22. The number of sulfonamides is 1. The van der Waals surface area contributed by atoms with Crippen LogP contribution in [0.15, 0.2) is 24.3 Å². The van der Waals surface area contributed by atoms with E-state index in [9.17, 15) is 13.2 Å². The van der Waals surface area contributed by atoms with Crippen LogP contribution in [-0.2, 0) is 14.8 Å². The quantitative estimate of drug-likeness (QED) is 0.693. The smallest absolute Gasteiger partial charge is 0.260 e. The van der Waals surface area contributed by atoms with Gasteiger partial charge in [0.05, 0.1) is 11.9 Å². The summed E-state index contributed by atoms with van der Waals surface area (Å²) in [6.45, 7) is 8.68. The fourth-order valence-corrected chi connectivity index (χ4v) is 3.18. The number of hydrogen-bond acceptors (Lipinski definition) is 5. The van der Waals surface area contributed by atoms with Gasteiger partial charge in [0.2, 0.25) is 10.0 Å². The molecule has 25 heavy (non-hydrogen) atoms. The van der Waals surface area contributed by atoms with Gasteiger partial charge in [-0.1, -0.05) is 20.8 Å². The van der Waals surface area contributed by atoms with Crippen LogP contribution in [0, 0.1) is 0 Å². The van der Waals surface area contributed by atoms with E-state index in [1.54, 1.807) is 43.0 Å². The molecule has 0 radical (unpaired) electrons. The Morgan fingerprint density at radius 3 is 2.32 bits per heavy atom. The van der Waals surface area contributed by atoms with Crippen LogP contribution in [-0.4, -0.2) is 50.8 Å². The molecular formula is C17H28N2O4S2. The molecule has 0 aliphatic carbocycles. The second-order valence-electron chi connectivity index (χ2n) is 6.74. The van der Waals surface area contributed by atoms with Gasteiger partial charge in [0.25, 0.3) is 5.91 Å². The maximum Gasteiger partial charge on any atom is 0.260 e. The number of anilines is 1. The third kappa shape index (κ3) is 8.00. The number of amides is 1. The van der Waals surface area contributed by atoms with Crippen LogP contribution in [0.4, 0.5) is 5.69 Å². The molecule has 0 bridgehead atoms. The molecule has 1 aromatic carbocycles. The molecule has 6 nitrogen and oxygen atoms in total. The van der Waals surface area contributed by atoms with Gasteiger partial charge >= 0.3 is 0 Å². The van der Waals surface area contributed by atoms with Gasteiger partial charge in [0.1, 0.15) is 5.75 Å². The summed E-state index contributed by atoms with van der Waals surface area (Å²) < 4.78 is 30.0. The zero-order chi connectivity index (χ0) is 19.3. The van der Waals surface area contributed by atoms with Gasteiger partial charge in [-0.05, 0) is 31.2 Å². The van der Waals surface area contributed by atoms with Crippen molar-refractivity contribution < 1.29 is 17.9 Å². The Balaban J connectivity index is 2.51. The first-order chi connectivity index (χ1) is 11.4. The number of hydrogen-bond donors (Lipinski definition) is 1. The van der Waals surface area contributed by atoms with Gasteiger partial charge in [-0.2, -0.15) is 11.8 Å². The Labute approximate surface area is 155 Å². The molecule has 8 heteroatoms. The molecule has 1 rings (SSSR count). The van der Waals surface area contributed by atoms with Crippen LogP contribution in [0.2, 0.25) is 0 Å². The standard InChI is InChI=1S/C17H28N2O4S2/c1-13(16(20)18-11-12-24-17(2,3)4)23-15-9-7-14(8-10-15)19(5)25(6,21)22/h7-10,13H,11-12H2,1-6H3,(H,18,20)/t13-/m0/s1. The molecule has 0 aromatic heterocycles. The lowest BCUT2D eigenvalue weighted by Crippen LogP contribution is -2.37. The summed E-state index contributed by atoms with van der Waals surface area (Å²) in [4.78, 5) is 12.0. The third-order valence-electron chi connectivity index (χ3n) is 3.32. The number of carbonyl (C=O) groups is 1. The fraction of sp³-hybridized carbons (Fsp3) is 0.588. The minimum absolute atomic E-state index is 0.174. The number of carbonyl (C=O) groups excluding carboxylic acids is 1. The minimum Gasteiger partial charge on any atom is -0.481 e. The van der Waals surface area contributed by atoms with Crippen molar-refractivity contribution in [1.29, 1.82) is 0 Å². The van der Waals surface area contributed by atoms with E-state index in [0.29, 0.717) is 18.0 Å². The number of nitrogens with zero attached hydrogens (tertiary/aromatic N) is 1. The molecule has 0 unspecified atom stereocenters. The summed E-state index contributed by atoms with van der Waals surface area (Å²) in [5.74, 6) is 1.18. The molecule has 0 spiro atoms. The van der Waals surface area contributed by atoms with Crippen molar-refractivity contribution in [1.82, 2.24) is 5.32 Å². The fourth-order valence-electron chi connectivity index (χ4n) is 1.86. The van der Waals surface area contributed by atoms with Crippen molar-refractivity contribution >= 4 is 33.4 Å². The van der Waals surface area contributed by atoms with E-state index in [4.69, 9.17) is 4.74 Å². The largest absolute Gasteiger partial charge is 0.481 e. The maximum absolute atomic E-state index is 12.0. The predicted octanol–water partition coefficient (Wildman–Crippen LogP) is 2.50. The maximum atomic E-state index is 12.0. The summed E-state index contributed by atoms with van der Waals surface area (Å²) in [5, 5.41) is 2.85. The first kappa shape index (κ1) is 21.6. The SMILES string of the molecule is C[C@H](Oc1ccc(N(C)S(C)(=O)=O)cc1)C(=O)NCCSC(C)(C)C. The van der Waals surface area contributed by atoms with E-state index in [2.05, 4.69) is 26.1 Å². The monoisotopic (exact) mass is 388 g/mol. The van der Waals surface area contributed by atoms with Crippen molar-refractivity contribution in [3.63, 3.8) is 0 Å². The van der Waals surface area contributed by atoms with Gasteiger partial charge in [-0.3, -0.25) is 9.10 Å². The predicted molar refractivity (Wildman–Crippen MR) is 105 cm³/mol. The second-order valence-corrected chi connectivity index (χ2v) is 10.7. The zero-order valence-corrected chi connectivity index (χ0v) is 17.3. The Hall–Kier alpha value is -1.41. The van der Waals surface area contributed by atoms with E-state index in [-0.39, 0.29) is 10.7 Å². The Bertz CT molecular complexity index is 667. The lowest BCUT2D eigenvalue weighted by molar-refractivity contribution is -0.127. The summed E-state index contributed by atoms with van der Waals surface area (Å²) in [6, 6.07) is 6.58. The Morgan fingerprint density at radius 2 is 1.84 bits per heavy atom. The molecule has 1 N–H and O–H groups in total. The lowest BCUT2D eigenvalue weighted by atomic mass is 10.3. The summed E-state index contributed by atoms with van der Waals surface area (Å²) in [7, 11) is -1.82. The van der Waals surface area contributed by atoms with Crippen LogP contribution >= 0.6 is 11.8 Å². The Kier molecular flexibility index (Phi) is 7.62. The normalized spacial score (nSPS) is 13.2. The van der Waals surface area contributed by atoms with Crippen molar-refractivity contribution in [2.45, 2.75) is 38.5 Å². The minimum atomic E-state index is -3.30. The Morgan fingerprint density at radius 1 is 1.28 bits per heavy atom. The average molecular weight is 389 g/mol. The third-order valence-corrected chi connectivity index (χ3v) is 5.80. The second kappa shape index (κ2) is 8.80. The van der Waals surface area contributed by atoms with Crippen LogP contribution in [0.1, 0.15) is 27.7 Å². The summed E-state index contributed by atoms with van der Waals surface area (Å²) in [5.41, 5.74) is 0.533. The molecule has 0 heterocycles. The molecule has 0 fully saturated rings. The van der Waals surface area contributed by atoms with Gasteiger partial charge in [-0.25, -0.2) is 8.42 Å². The average Bonchev–Trinajstić information content (AvgIpc) is 2.49. The number of ether oxygens (including phenoxy) is 1. The highest BCUT2D eigenvalue weighted by Gasteiger charge is 2.16. The van der Waals surface area contributed by atoms with Gasteiger partial charge < -0.3 is 10.1 Å². The lowest BCUT2D eigenvalue weighted by Gasteiger charge is -2.19. The van der Waals surface area contributed by atoms with E-state index < -0.39 is 16.1 Å². The van der Waals surface area contributed by atoms with Crippen LogP contribution < -0.4 is 14.4 Å². The van der Waals surface area contributed by atoms with Crippen molar-refractivity contribution in [3.05, 3.63) is 24.3 Å². The molecule has 0 aliphatic heterocycles. The van der Waals surface area contributed by atoms with Gasteiger partial charge in [0, 0.05) is 24.1 Å². The summed E-state index contributed by atoms with van der Waals surface area (Å²) in [6.07, 6.45) is 0.514. The molecular weight excluding hydrogens is 360 g/mol. The molecule has 0 saturated carbocycles. The van der Waals surface area contributed by atoms with Crippen LogP contribution in [0.3, 0.4) is 0 Å². The molecule has 1 aromatic rings. The van der Waals surface area contributed by atoms with Crippen LogP contribution in [0.25, 0.3) is 0 Å². The molecule has 0 saturated heterocycles. The van der Waals surface area contributed by atoms with E-state index in [1.165, 1.54) is 11.4 Å². The highest BCUT2D eigenvalue weighted by atomic mass is 32.2. The topological polar surface area (TPSA) is 75.7 Å². The first-order valence-electron chi connectivity index (χ1n) is 8.02. The molecule has 1 atom stereocenters. The number of benzene rings is 1. The van der Waals surface area contributed by atoms with E-state index in [0.717, 1.165) is 12.0 Å². The molecule has 0 aliphatic rings. The van der Waals surface area contributed by atoms with Crippen molar-refractivity contribution in [3.8, 4) is 5.75 Å². The van der Waals surface area contributed by atoms with E-state index >= 15 is 0 Å². The number of rotatable bonds is 8. The van der Waals surface area contributed by atoms with E-state index in [1.807, 2.05) is 0 Å². The van der Waals surface area contributed by atoms with Gasteiger partial charge in [-0.15, -0.1) is 0 Å². The first-order valence-corrected chi connectivity index (χ1v) is 10.9. The highest BCUT2D eigenvalue weighted by molar-refractivity contribution is 8.00. The van der Waals surface area contributed by atoms with Crippen molar-refractivity contribution in [2.75, 3.05) is 29.9 Å². The van der Waals surface area contributed by atoms with Crippen LogP contribution in [0.5, 0.6) is 5.75 Å². The zero-order valence-electron chi connectivity index (χ0n) is 15.7. The van der Waals surface area contributed by atoms with Gasteiger partial charge in [0.15, 0.2) is 6.10 Å². The number of nitrogens with one attached hydrogen (secondary N) is 1. The number of thioether (sulfide) groups is 1. The van der Waals surface area contributed by atoms with Crippen molar-refractivity contribution in [2.24, 2.45) is 0 Å².